The average molecular weight is 440 g/mol. The molecular weight excluding hydrogens is 418 g/mol. The summed E-state index contributed by atoms with van der Waals surface area (Å²) in [5.74, 6) is -1.08. The SMILES string of the molecule is CCCCN1C(=O)c2ccc(C(=O)Nc3ccc(N4CCCC4=O)c(Cl)c3)cc2C1=O. The maximum absolute atomic E-state index is 12.7. The standard InChI is InChI=1S/C23H22ClN3O4/c1-2-3-10-27-22(30)16-8-6-14(12-17(16)23(27)31)21(29)25-15-7-9-19(18(24)13-15)26-11-4-5-20(26)28/h6-9,12-13H,2-5,10-11H2,1H3,(H,25,29). The topological polar surface area (TPSA) is 86.8 Å². The molecule has 1 N–H and O–H groups in total. The first-order chi connectivity index (χ1) is 14.9. The van der Waals surface area contributed by atoms with Gasteiger partial charge in [0, 0.05) is 30.8 Å². The van der Waals surface area contributed by atoms with Gasteiger partial charge in [-0.15, -0.1) is 0 Å². The molecule has 0 spiro atoms. The molecule has 2 aromatic rings. The van der Waals surface area contributed by atoms with Crippen molar-refractivity contribution in [3.8, 4) is 0 Å². The second kappa shape index (κ2) is 8.51. The van der Waals surface area contributed by atoms with Gasteiger partial charge in [-0.3, -0.25) is 24.1 Å². The zero-order valence-electron chi connectivity index (χ0n) is 17.1. The van der Waals surface area contributed by atoms with Crippen molar-refractivity contribution in [3.63, 3.8) is 0 Å². The summed E-state index contributed by atoms with van der Waals surface area (Å²) in [5, 5.41) is 3.12. The number of carbonyl (C=O) groups is 4. The number of imide groups is 1. The second-order valence-corrected chi connectivity index (χ2v) is 8.05. The number of nitrogens with one attached hydrogen (secondary N) is 1. The number of rotatable bonds is 6. The predicted octanol–water partition coefficient (Wildman–Crippen LogP) is 4.12. The Kier molecular flexibility index (Phi) is 5.78. The molecule has 0 radical (unpaired) electrons. The third kappa shape index (κ3) is 3.93. The second-order valence-electron chi connectivity index (χ2n) is 7.65. The molecule has 0 atom stereocenters. The van der Waals surface area contributed by atoms with Crippen LogP contribution in [0.2, 0.25) is 5.02 Å². The van der Waals surface area contributed by atoms with Gasteiger partial charge in [-0.05, 0) is 49.2 Å². The van der Waals surface area contributed by atoms with Gasteiger partial charge in [0.05, 0.1) is 21.8 Å². The predicted molar refractivity (Wildman–Crippen MR) is 118 cm³/mol. The molecule has 2 heterocycles. The van der Waals surface area contributed by atoms with Crippen molar-refractivity contribution in [1.82, 2.24) is 4.90 Å². The molecule has 2 aromatic carbocycles. The van der Waals surface area contributed by atoms with Gasteiger partial charge in [0.1, 0.15) is 0 Å². The maximum Gasteiger partial charge on any atom is 0.261 e. The minimum atomic E-state index is -0.420. The van der Waals surface area contributed by atoms with E-state index in [9.17, 15) is 19.2 Å². The Morgan fingerprint density at radius 3 is 2.52 bits per heavy atom. The normalized spacial score (nSPS) is 15.6. The van der Waals surface area contributed by atoms with Gasteiger partial charge in [0.2, 0.25) is 5.91 Å². The fraction of sp³-hybridized carbons (Fsp3) is 0.304. The van der Waals surface area contributed by atoms with Crippen LogP contribution in [0.3, 0.4) is 0 Å². The number of hydrogen-bond acceptors (Lipinski definition) is 4. The minimum absolute atomic E-state index is 0.0315. The van der Waals surface area contributed by atoms with Crippen molar-refractivity contribution in [2.45, 2.75) is 32.6 Å². The molecule has 4 rings (SSSR count). The minimum Gasteiger partial charge on any atom is -0.322 e. The summed E-state index contributed by atoms with van der Waals surface area (Å²) in [7, 11) is 0. The highest BCUT2D eigenvalue weighted by molar-refractivity contribution is 6.34. The molecule has 31 heavy (non-hydrogen) atoms. The Labute approximate surface area is 185 Å². The van der Waals surface area contributed by atoms with Crippen molar-refractivity contribution in [2.24, 2.45) is 0 Å². The summed E-state index contributed by atoms with van der Waals surface area (Å²) < 4.78 is 0. The molecular formula is C23H22ClN3O4. The van der Waals surface area contributed by atoms with Crippen LogP contribution in [-0.2, 0) is 4.79 Å². The Hall–Kier alpha value is -3.19. The summed E-state index contributed by atoms with van der Waals surface area (Å²) in [6.45, 7) is 2.98. The molecule has 0 unspecified atom stereocenters. The third-order valence-corrected chi connectivity index (χ3v) is 5.84. The van der Waals surface area contributed by atoms with Crippen LogP contribution in [0.4, 0.5) is 11.4 Å². The van der Waals surface area contributed by atoms with Crippen molar-refractivity contribution in [3.05, 3.63) is 58.1 Å². The Morgan fingerprint density at radius 2 is 1.84 bits per heavy atom. The summed E-state index contributed by atoms with van der Waals surface area (Å²) in [4.78, 5) is 52.6. The smallest absolute Gasteiger partial charge is 0.261 e. The highest BCUT2D eigenvalue weighted by Gasteiger charge is 2.35. The summed E-state index contributed by atoms with van der Waals surface area (Å²) in [6, 6.07) is 9.48. The number of hydrogen-bond donors (Lipinski definition) is 1. The van der Waals surface area contributed by atoms with Crippen LogP contribution in [0.25, 0.3) is 0 Å². The molecule has 160 valence electrons. The number of carbonyl (C=O) groups excluding carboxylic acids is 4. The van der Waals surface area contributed by atoms with E-state index in [-0.39, 0.29) is 28.8 Å². The number of unbranched alkanes of at least 4 members (excludes halogenated alkanes) is 1. The fourth-order valence-corrected chi connectivity index (χ4v) is 4.14. The van der Waals surface area contributed by atoms with Crippen molar-refractivity contribution < 1.29 is 19.2 Å². The van der Waals surface area contributed by atoms with E-state index in [0.717, 1.165) is 19.3 Å². The highest BCUT2D eigenvalue weighted by atomic mass is 35.5. The first kappa shape index (κ1) is 21.1. The van der Waals surface area contributed by atoms with E-state index < -0.39 is 5.91 Å². The van der Waals surface area contributed by atoms with E-state index >= 15 is 0 Å². The summed E-state index contributed by atoms with van der Waals surface area (Å²) in [5.41, 5.74) is 1.93. The number of benzene rings is 2. The van der Waals surface area contributed by atoms with Crippen LogP contribution in [0.15, 0.2) is 36.4 Å². The van der Waals surface area contributed by atoms with Gasteiger partial charge in [0.25, 0.3) is 17.7 Å². The van der Waals surface area contributed by atoms with E-state index in [4.69, 9.17) is 11.6 Å². The van der Waals surface area contributed by atoms with Crippen molar-refractivity contribution >= 4 is 46.6 Å². The van der Waals surface area contributed by atoms with E-state index in [1.165, 1.54) is 23.1 Å². The van der Waals surface area contributed by atoms with Crippen LogP contribution < -0.4 is 10.2 Å². The average Bonchev–Trinajstić information content (AvgIpc) is 3.28. The maximum atomic E-state index is 12.7. The van der Waals surface area contributed by atoms with Gasteiger partial charge in [-0.2, -0.15) is 0 Å². The molecule has 1 fully saturated rings. The van der Waals surface area contributed by atoms with Gasteiger partial charge in [-0.25, -0.2) is 0 Å². The molecule has 4 amide bonds. The first-order valence-electron chi connectivity index (χ1n) is 10.3. The van der Waals surface area contributed by atoms with E-state index in [0.29, 0.717) is 41.5 Å². The first-order valence-corrected chi connectivity index (χ1v) is 10.7. The zero-order valence-corrected chi connectivity index (χ0v) is 17.9. The largest absolute Gasteiger partial charge is 0.322 e. The monoisotopic (exact) mass is 439 g/mol. The summed E-state index contributed by atoms with van der Waals surface area (Å²) in [6.07, 6.45) is 2.90. The molecule has 0 bridgehead atoms. The van der Waals surface area contributed by atoms with E-state index in [1.807, 2.05) is 6.92 Å². The van der Waals surface area contributed by atoms with Crippen LogP contribution in [0.5, 0.6) is 0 Å². The molecule has 1 saturated heterocycles. The van der Waals surface area contributed by atoms with Crippen LogP contribution in [-0.4, -0.2) is 41.6 Å². The van der Waals surface area contributed by atoms with Crippen molar-refractivity contribution in [2.75, 3.05) is 23.3 Å². The van der Waals surface area contributed by atoms with Crippen LogP contribution in [0.1, 0.15) is 63.7 Å². The van der Waals surface area contributed by atoms with Gasteiger partial charge < -0.3 is 10.2 Å². The number of halogens is 1. The van der Waals surface area contributed by atoms with Gasteiger partial charge >= 0.3 is 0 Å². The molecule has 0 aliphatic carbocycles. The lowest BCUT2D eigenvalue weighted by atomic mass is 10.1. The Balaban J connectivity index is 1.51. The van der Waals surface area contributed by atoms with E-state index in [1.54, 1.807) is 23.1 Å². The van der Waals surface area contributed by atoms with Crippen LogP contribution >= 0.6 is 11.6 Å². The Bertz CT molecular complexity index is 1100. The quantitative estimate of drug-likeness (QED) is 0.686. The van der Waals surface area contributed by atoms with E-state index in [2.05, 4.69) is 5.32 Å². The molecule has 7 nitrogen and oxygen atoms in total. The lowest BCUT2D eigenvalue weighted by Crippen LogP contribution is -2.30. The third-order valence-electron chi connectivity index (χ3n) is 5.54. The zero-order chi connectivity index (χ0) is 22.1. The number of anilines is 2. The number of nitrogens with zero attached hydrogens (tertiary/aromatic N) is 2. The van der Waals surface area contributed by atoms with Crippen molar-refractivity contribution in [1.29, 1.82) is 0 Å². The van der Waals surface area contributed by atoms with Crippen LogP contribution in [0, 0.1) is 0 Å². The number of fused-ring (bicyclic) bond motifs is 1. The number of amides is 4. The summed E-state index contributed by atoms with van der Waals surface area (Å²) >= 11 is 6.34. The molecule has 0 aromatic heterocycles. The van der Waals surface area contributed by atoms with Gasteiger partial charge in [-0.1, -0.05) is 24.9 Å². The molecule has 2 aliphatic heterocycles. The lowest BCUT2D eigenvalue weighted by molar-refractivity contribution is -0.117. The molecule has 8 heteroatoms. The molecule has 0 saturated carbocycles. The van der Waals surface area contributed by atoms with Gasteiger partial charge in [0.15, 0.2) is 0 Å². The molecule has 2 aliphatic rings. The fourth-order valence-electron chi connectivity index (χ4n) is 3.86. The Morgan fingerprint density at radius 1 is 1.06 bits per heavy atom. The lowest BCUT2D eigenvalue weighted by Gasteiger charge is -2.18. The highest BCUT2D eigenvalue weighted by Crippen LogP contribution is 2.32.